The molecule has 0 aliphatic carbocycles. The van der Waals surface area contributed by atoms with Gasteiger partial charge < -0.3 is 5.11 Å². The van der Waals surface area contributed by atoms with Gasteiger partial charge in [-0.25, -0.2) is 0 Å². The standard InChI is InChI=1S/C14H12NO/c16-14-9-5-4-6-12(14)10-11-15-13-7-2-1-3-8-13/h1-4,6-9,11,16H,10H2. The Kier molecular flexibility index (Phi) is 3.34. The van der Waals surface area contributed by atoms with Crippen molar-refractivity contribution in [3.63, 3.8) is 0 Å². The molecule has 2 nitrogen and oxygen atoms in total. The van der Waals surface area contributed by atoms with Crippen molar-refractivity contribution in [2.24, 2.45) is 4.99 Å². The largest absolute Gasteiger partial charge is 0.508 e. The van der Waals surface area contributed by atoms with E-state index < -0.39 is 0 Å². The van der Waals surface area contributed by atoms with Crippen LogP contribution in [-0.2, 0) is 6.42 Å². The third kappa shape index (κ3) is 2.70. The van der Waals surface area contributed by atoms with Gasteiger partial charge in [0.1, 0.15) is 5.75 Å². The summed E-state index contributed by atoms with van der Waals surface area (Å²) in [5.74, 6) is 0.266. The van der Waals surface area contributed by atoms with Crippen LogP contribution in [-0.4, -0.2) is 11.3 Å². The number of phenolic OH excluding ortho intramolecular Hbond substituents is 1. The number of aliphatic imine (C=N–C) groups is 1. The third-order valence-electron chi connectivity index (χ3n) is 2.24. The van der Waals surface area contributed by atoms with Crippen molar-refractivity contribution in [2.75, 3.05) is 0 Å². The molecule has 0 aromatic heterocycles. The zero-order chi connectivity index (χ0) is 11.2. The maximum atomic E-state index is 9.51. The molecule has 0 unspecified atom stereocenters. The first kappa shape index (κ1) is 10.4. The quantitative estimate of drug-likeness (QED) is 0.775. The summed E-state index contributed by atoms with van der Waals surface area (Å²) in [6, 6.07) is 17.7. The molecule has 16 heavy (non-hydrogen) atoms. The summed E-state index contributed by atoms with van der Waals surface area (Å²) in [7, 11) is 0. The highest BCUT2D eigenvalue weighted by Gasteiger charge is 1.96. The Labute approximate surface area is 94.9 Å². The molecule has 2 aromatic carbocycles. The number of benzene rings is 2. The Balaban J connectivity index is 2.03. The van der Waals surface area contributed by atoms with E-state index in [1.807, 2.05) is 36.4 Å². The molecule has 79 valence electrons. The minimum atomic E-state index is 0.266. The van der Waals surface area contributed by atoms with Crippen LogP contribution >= 0.6 is 0 Å². The molecule has 0 aliphatic rings. The van der Waals surface area contributed by atoms with Gasteiger partial charge in [0, 0.05) is 12.6 Å². The molecule has 2 aromatic rings. The molecule has 0 spiro atoms. The second-order valence-electron chi connectivity index (χ2n) is 3.41. The van der Waals surface area contributed by atoms with Gasteiger partial charge in [0.15, 0.2) is 0 Å². The summed E-state index contributed by atoms with van der Waals surface area (Å²) in [5, 5.41) is 9.51. The molecule has 0 saturated carbocycles. The van der Waals surface area contributed by atoms with Crippen molar-refractivity contribution in [2.45, 2.75) is 6.42 Å². The first-order valence-corrected chi connectivity index (χ1v) is 5.12. The second-order valence-corrected chi connectivity index (χ2v) is 3.41. The molecular formula is C14H12NO. The predicted octanol–water partition coefficient (Wildman–Crippen LogP) is 3.14. The molecule has 0 heterocycles. The Hall–Kier alpha value is -2.09. The average Bonchev–Trinajstić information content (AvgIpc) is 2.33. The summed E-state index contributed by atoms with van der Waals surface area (Å²) in [5.41, 5.74) is 1.78. The van der Waals surface area contributed by atoms with Crippen LogP contribution in [0.5, 0.6) is 5.75 Å². The van der Waals surface area contributed by atoms with E-state index in [4.69, 9.17) is 0 Å². The van der Waals surface area contributed by atoms with Crippen LogP contribution in [0.2, 0.25) is 0 Å². The summed E-state index contributed by atoms with van der Waals surface area (Å²) in [6.07, 6.45) is 2.42. The molecule has 0 saturated heterocycles. The summed E-state index contributed by atoms with van der Waals surface area (Å²) >= 11 is 0. The van der Waals surface area contributed by atoms with Crippen LogP contribution in [0.3, 0.4) is 0 Å². The van der Waals surface area contributed by atoms with Gasteiger partial charge >= 0.3 is 0 Å². The van der Waals surface area contributed by atoms with Crippen molar-refractivity contribution in [1.29, 1.82) is 0 Å². The lowest BCUT2D eigenvalue weighted by Crippen LogP contribution is -1.86. The van der Waals surface area contributed by atoms with Gasteiger partial charge in [-0.3, -0.25) is 4.99 Å². The minimum Gasteiger partial charge on any atom is -0.508 e. The molecule has 1 N–H and O–H groups in total. The van der Waals surface area contributed by atoms with E-state index in [1.165, 1.54) is 0 Å². The number of para-hydroxylation sites is 1. The molecule has 0 aliphatic heterocycles. The van der Waals surface area contributed by atoms with Gasteiger partial charge in [-0.15, -0.1) is 0 Å². The fraction of sp³-hybridized carbons (Fsp3) is 0.0714. The van der Waals surface area contributed by atoms with Gasteiger partial charge in [-0.2, -0.15) is 0 Å². The fourth-order valence-corrected chi connectivity index (χ4v) is 1.39. The first-order chi connectivity index (χ1) is 7.86. The van der Waals surface area contributed by atoms with E-state index in [0.717, 1.165) is 11.3 Å². The van der Waals surface area contributed by atoms with E-state index in [2.05, 4.69) is 11.1 Å². The second kappa shape index (κ2) is 5.12. The number of aromatic hydroxyl groups is 1. The molecule has 2 heteroatoms. The van der Waals surface area contributed by atoms with Crippen LogP contribution in [0.25, 0.3) is 0 Å². The highest BCUT2D eigenvalue weighted by molar-refractivity contribution is 5.67. The SMILES string of the molecule is Oc1c[c]ccc1CC=Nc1ccccc1. The molecule has 0 atom stereocenters. The van der Waals surface area contributed by atoms with Crippen LogP contribution in [0, 0.1) is 6.07 Å². The highest BCUT2D eigenvalue weighted by Crippen LogP contribution is 2.15. The number of nitrogens with zero attached hydrogens (tertiary/aromatic N) is 1. The molecular weight excluding hydrogens is 198 g/mol. The smallest absolute Gasteiger partial charge is 0.119 e. The summed E-state index contributed by atoms with van der Waals surface area (Å²) < 4.78 is 0. The van der Waals surface area contributed by atoms with Gasteiger partial charge in [-0.05, 0) is 29.8 Å². The molecule has 0 amide bonds. The Morgan fingerprint density at radius 1 is 1.19 bits per heavy atom. The lowest BCUT2D eigenvalue weighted by molar-refractivity contribution is 0.470. The topological polar surface area (TPSA) is 32.6 Å². The van der Waals surface area contributed by atoms with Crippen molar-refractivity contribution in [1.82, 2.24) is 0 Å². The highest BCUT2D eigenvalue weighted by atomic mass is 16.3. The van der Waals surface area contributed by atoms with E-state index in [1.54, 1.807) is 18.3 Å². The fourth-order valence-electron chi connectivity index (χ4n) is 1.39. The zero-order valence-corrected chi connectivity index (χ0v) is 8.80. The van der Waals surface area contributed by atoms with Gasteiger partial charge in [0.05, 0.1) is 5.69 Å². The maximum absolute atomic E-state index is 9.51. The average molecular weight is 210 g/mol. The predicted molar refractivity (Wildman–Crippen MR) is 65.2 cm³/mol. The van der Waals surface area contributed by atoms with Crippen LogP contribution < -0.4 is 0 Å². The maximum Gasteiger partial charge on any atom is 0.119 e. The van der Waals surface area contributed by atoms with Crippen molar-refractivity contribution in [3.8, 4) is 5.75 Å². The number of hydrogen-bond donors (Lipinski definition) is 1. The first-order valence-electron chi connectivity index (χ1n) is 5.12. The molecule has 2 rings (SSSR count). The Morgan fingerprint density at radius 3 is 2.75 bits per heavy atom. The summed E-state index contributed by atoms with van der Waals surface area (Å²) in [4.78, 5) is 4.30. The van der Waals surface area contributed by atoms with Crippen molar-refractivity contribution >= 4 is 11.9 Å². The lowest BCUT2D eigenvalue weighted by Gasteiger charge is -1.98. The number of rotatable bonds is 3. The Morgan fingerprint density at radius 2 is 2.00 bits per heavy atom. The summed E-state index contributed by atoms with van der Waals surface area (Å²) in [6.45, 7) is 0. The number of phenols is 1. The minimum absolute atomic E-state index is 0.266. The van der Waals surface area contributed by atoms with Crippen LogP contribution in [0.4, 0.5) is 5.69 Å². The third-order valence-corrected chi connectivity index (χ3v) is 2.24. The molecule has 1 radical (unpaired) electrons. The van der Waals surface area contributed by atoms with Crippen LogP contribution in [0.1, 0.15) is 5.56 Å². The van der Waals surface area contributed by atoms with Gasteiger partial charge in [0.2, 0.25) is 0 Å². The monoisotopic (exact) mass is 210 g/mol. The van der Waals surface area contributed by atoms with E-state index in [0.29, 0.717) is 6.42 Å². The van der Waals surface area contributed by atoms with Crippen molar-refractivity contribution < 1.29 is 5.11 Å². The molecule has 0 fully saturated rings. The van der Waals surface area contributed by atoms with Gasteiger partial charge in [0.25, 0.3) is 0 Å². The van der Waals surface area contributed by atoms with E-state index >= 15 is 0 Å². The van der Waals surface area contributed by atoms with Crippen molar-refractivity contribution in [3.05, 3.63) is 60.2 Å². The van der Waals surface area contributed by atoms with Gasteiger partial charge in [-0.1, -0.05) is 30.3 Å². The normalized spacial score (nSPS) is 10.8. The van der Waals surface area contributed by atoms with E-state index in [-0.39, 0.29) is 5.75 Å². The zero-order valence-electron chi connectivity index (χ0n) is 8.80. The number of hydrogen-bond acceptors (Lipinski definition) is 2. The molecule has 0 bridgehead atoms. The van der Waals surface area contributed by atoms with Crippen LogP contribution in [0.15, 0.2) is 53.5 Å². The Bertz CT molecular complexity index is 477. The lowest BCUT2D eigenvalue weighted by atomic mass is 10.1. The van der Waals surface area contributed by atoms with E-state index in [9.17, 15) is 5.11 Å².